The average molecular weight is 374 g/mol. The molecule has 6 nitrogen and oxygen atoms in total. The van der Waals surface area contributed by atoms with E-state index in [0.717, 1.165) is 31.8 Å². The molecule has 0 aliphatic carbocycles. The van der Waals surface area contributed by atoms with Gasteiger partial charge in [-0.05, 0) is 30.8 Å². The minimum Gasteiger partial charge on any atom is -0.336 e. The number of nitrogens with one attached hydrogen (secondary N) is 1. The van der Waals surface area contributed by atoms with Gasteiger partial charge in [-0.15, -0.1) is 0 Å². The fourth-order valence-electron chi connectivity index (χ4n) is 2.93. The van der Waals surface area contributed by atoms with Gasteiger partial charge in [0.05, 0.1) is 0 Å². The zero-order chi connectivity index (χ0) is 19.4. The maximum Gasteiger partial charge on any atom is 0.274 e. The van der Waals surface area contributed by atoms with E-state index in [1.165, 1.54) is 24.4 Å². The van der Waals surface area contributed by atoms with Gasteiger partial charge in [-0.3, -0.25) is 14.6 Å². The SMILES string of the molecule is CCN1CCN(C(=O)c2ccnc(C(=O)Nc3c(F)cccc3F)c2)CC1. The van der Waals surface area contributed by atoms with Crippen molar-refractivity contribution in [3.63, 3.8) is 0 Å². The number of nitrogens with zero attached hydrogens (tertiary/aromatic N) is 3. The highest BCUT2D eigenvalue weighted by Gasteiger charge is 2.22. The molecule has 0 spiro atoms. The molecule has 1 aromatic carbocycles. The minimum absolute atomic E-state index is 0.0873. The summed E-state index contributed by atoms with van der Waals surface area (Å²) in [4.78, 5) is 32.9. The standard InChI is InChI=1S/C19H20F2N4O2/c1-2-24-8-10-25(11-9-24)19(27)13-6-7-22-16(12-13)18(26)23-17-14(20)4-3-5-15(17)21/h3-7,12H,2,8-11H2,1H3,(H,23,26). The Labute approximate surface area is 155 Å². The van der Waals surface area contributed by atoms with Crippen LogP contribution >= 0.6 is 0 Å². The van der Waals surface area contributed by atoms with Crippen molar-refractivity contribution in [2.75, 3.05) is 38.0 Å². The highest BCUT2D eigenvalue weighted by Crippen LogP contribution is 2.19. The third kappa shape index (κ3) is 4.28. The number of halogens is 2. The van der Waals surface area contributed by atoms with Gasteiger partial charge in [0, 0.05) is 37.9 Å². The van der Waals surface area contributed by atoms with Crippen LogP contribution in [0.1, 0.15) is 27.8 Å². The molecule has 0 unspecified atom stereocenters. The van der Waals surface area contributed by atoms with Crippen LogP contribution in [0, 0.1) is 11.6 Å². The molecule has 8 heteroatoms. The number of anilines is 1. The largest absolute Gasteiger partial charge is 0.336 e. The van der Waals surface area contributed by atoms with Crippen LogP contribution in [-0.2, 0) is 0 Å². The zero-order valence-corrected chi connectivity index (χ0v) is 14.9. The number of hydrogen-bond acceptors (Lipinski definition) is 4. The number of rotatable bonds is 4. The molecule has 2 aromatic rings. The fraction of sp³-hybridized carbons (Fsp3) is 0.316. The summed E-state index contributed by atoms with van der Waals surface area (Å²) < 4.78 is 27.4. The number of pyridine rings is 1. The summed E-state index contributed by atoms with van der Waals surface area (Å²) in [6, 6.07) is 6.15. The van der Waals surface area contributed by atoms with E-state index in [1.54, 1.807) is 4.90 Å². The van der Waals surface area contributed by atoms with Gasteiger partial charge >= 0.3 is 0 Å². The van der Waals surface area contributed by atoms with Crippen LogP contribution < -0.4 is 5.32 Å². The number of carbonyl (C=O) groups excluding carboxylic acids is 2. The van der Waals surface area contributed by atoms with Crippen LogP contribution in [-0.4, -0.2) is 59.3 Å². The predicted octanol–water partition coefficient (Wildman–Crippen LogP) is 2.39. The fourth-order valence-corrected chi connectivity index (χ4v) is 2.93. The second-order valence-electron chi connectivity index (χ2n) is 6.21. The van der Waals surface area contributed by atoms with Crippen LogP contribution in [0.15, 0.2) is 36.5 Å². The van der Waals surface area contributed by atoms with Gasteiger partial charge in [-0.1, -0.05) is 13.0 Å². The molecule has 1 N–H and O–H groups in total. The molecule has 1 aliphatic heterocycles. The molecule has 1 aromatic heterocycles. The Morgan fingerprint density at radius 2 is 1.78 bits per heavy atom. The van der Waals surface area contributed by atoms with Gasteiger partial charge in [0.25, 0.3) is 11.8 Å². The topological polar surface area (TPSA) is 65.5 Å². The van der Waals surface area contributed by atoms with Crippen molar-refractivity contribution in [1.82, 2.24) is 14.8 Å². The first-order chi connectivity index (χ1) is 13.0. The maximum atomic E-state index is 13.7. The average Bonchev–Trinajstić information content (AvgIpc) is 2.70. The Morgan fingerprint density at radius 3 is 2.41 bits per heavy atom. The van der Waals surface area contributed by atoms with E-state index >= 15 is 0 Å². The monoisotopic (exact) mass is 374 g/mol. The number of aromatic nitrogens is 1. The van der Waals surface area contributed by atoms with Gasteiger partial charge in [-0.2, -0.15) is 0 Å². The van der Waals surface area contributed by atoms with E-state index in [-0.39, 0.29) is 11.6 Å². The number of likely N-dealkylation sites (N-methyl/N-ethyl adjacent to an activating group) is 1. The highest BCUT2D eigenvalue weighted by atomic mass is 19.1. The lowest BCUT2D eigenvalue weighted by Gasteiger charge is -2.34. The molecule has 0 bridgehead atoms. The van der Waals surface area contributed by atoms with Crippen LogP contribution in [0.5, 0.6) is 0 Å². The number of amides is 2. The summed E-state index contributed by atoms with van der Waals surface area (Å²) in [6.45, 7) is 5.83. The second-order valence-corrected chi connectivity index (χ2v) is 6.21. The van der Waals surface area contributed by atoms with Crippen molar-refractivity contribution in [3.8, 4) is 0 Å². The van der Waals surface area contributed by atoms with Crippen LogP contribution in [0.25, 0.3) is 0 Å². The first kappa shape index (κ1) is 18.9. The summed E-state index contributed by atoms with van der Waals surface area (Å²) in [5.41, 5.74) is -0.318. The number of benzene rings is 1. The van der Waals surface area contributed by atoms with E-state index in [9.17, 15) is 18.4 Å². The number of carbonyl (C=O) groups is 2. The Hall–Kier alpha value is -2.87. The Morgan fingerprint density at radius 1 is 1.11 bits per heavy atom. The Balaban J connectivity index is 1.73. The van der Waals surface area contributed by atoms with Gasteiger partial charge < -0.3 is 15.1 Å². The van der Waals surface area contributed by atoms with Crippen molar-refractivity contribution in [1.29, 1.82) is 0 Å². The molecule has 3 rings (SSSR count). The van der Waals surface area contributed by atoms with E-state index < -0.39 is 23.2 Å². The number of para-hydroxylation sites is 1. The lowest BCUT2D eigenvalue weighted by atomic mass is 10.1. The van der Waals surface area contributed by atoms with Crippen LogP contribution in [0.3, 0.4) is 0 Å². The zero-order valence-electron chi connectivity index (χ0n) is 14.9. The normalized spacial score (nSPS) is 14.9. The molecular formula is C19H20F2N4O2. The third-order valence-corrected chi connectivity index (χ3v) is 4.55. The first-order valence-electron chi connectivity index (χ1n) is 8.72. The summed E-state index contributed by atoms with van der Waals surface area (Å²) in [5, 5.41) is 2.17. The Kier molecular flexibility index (Phi) is 5.75. The molecule has 1 aliphatic rings. The third-order valence-electron chi connectivity index (χ3n) is 4.55. The van der Waals surface area contributed by atoms with E-state index in [4.69, 9.17) is 0 Å². The van der Waals surface area contributed by atoms with Crippen molar-refractivity contribution in [2.45, 2.75) is 6.92 Å². The molecule has 0 radical (unpaired) electrons. The molecule has 27 heavy (non-hydrogen) atoms. The highest BCUT2D eigenvalue weighted by molar-refractivity contribution is 6.04. The van der Waals surface area contributed by atoms with Gasteiger partial charge in [0.1, 0.15) is 23.0 Å². The summed E-state index contributed by atoms with van der Waals surface area (Å²) >= 11 is 0. The molecule has 0 atom stereocenters. The van der Waals surface area contributed by atoms with Crippen molar-refractivity contribution in [2.24, 2.45) is 0 Å². The van der Waals surface area contributed by atoms with E-state index in [0.29, 0.717) is 18.7 Å². The lowest BCUT2D eigenvalue weighted by molar-refractivity contribution is 0.0643. The summed E-state index contributed by atoms with van der Waals surface area (Å²) in [7, 11) is 0. The molecule has 142 valence electrons. The maximum absolute atomic E-state index is 13.7. The summed E-state index contributed by atoms with van der Waals surface area (Å²) in [5.74, 6) is -2.75. The minimum atomic E-state index is -0.885. The summed E-state index contributed by atoms with van der Waals surface area (Å²) in [6.07, 6.45) is 1.34. The first-order valence-corrected chi connectivity index (χ1v) is 8.72. The van der Waals surface area contributed by atoms with Gasteiger partial charge in [0.2, 0.25) is 0 Å². The van der Waals surface area contributed by atoms with Crippen molar-refractivity contribution < 1.29 is 18.4 Å². The quantitative estimate of drug-likeness (QED) is 0.893. The van der Waals surface area contributed by atoms with Gasteiger partial charge in [-0.25, -0.2) is 8.78 Å². The molecule has 2 heterocycles. The smallest absolute Gasteiger partial charge is 0.274 e. The van der Waals surface area contributed by atoms with Crippen LogP contribution in [0.2, 0.25) is 0 Å². The molecule has 1 fully saturated rings. The number of piperazine rings is 1. The van der Waals surface area contributed by atoms with Gasteiger partial charge in [0.15, 0.2) is 0 Å². The van der Waals surface area contributed by atoms with E-state index in [1.807, 2.05) is 0 Å². The number of hydrogen-bond donors (Lipinski definition) is 1. The van der Waals surface area contributed by atoms with Crippen molar-refractivity contribution in [3.05, 3.63) is 59.4 Å². The molecule has 0 saturated carbocycles. The van der Waals surface area contributed by atoms with E-state index in [2.05, 4.69) is 22.1 Å². The molecule has 2 amide bonds. The predicted molar refractivity (Wildman–Crippen MR) is 96.6 cm³/mol. The van der Waals surface area contributed by atoms with Crippen LogP contribution in [0.4, 0.5) is 14.5 Å². The Bertz CT molecular complexity index is 831. The molecular weight excluding hydrogens is 354 g/mol. The van der Waals surface area contributed by atoms with Crippen molar-refractivity contribution >= 4 is 17.5 Å². The molecule has 1 saturated heterocycles. The second kappa shape index (κ2) is 8.22. The lowest BCUT2D eigenvalue weighted by Crippen LogP contribution is -2.48.